The molecule has 0 aromatic carbocycles. The van der Waals surface area contributed by atoms with Crippen molar-refractivity contribution in [2.24, 2.45) is 17.8 Å². The fraction of sp³-hybridized carbons (Fsp3) is 1.00. The normalized spacial score (nSPS) is 29.4. The van der Waals surface area contributed by atoms with Gasteiger partial charge in [-0.2, -0.15) is 0 Å². The fourth-order valence-corrected chi connectivity index (χ4v) is 4.11. The summed E-state index contributed by atoms with van der Waals surface area (Å²) in [5.74, 6) is 2.77. The number of fused-ring (bicyclic) bond motifs is 2. The molecule has 0 spiro atoms. The molecule has 2 aliphatic carbocycles. The average molecular weight is 301 g/mol. The van der Waals surface area contributed by atoms with E-state index in [9.17, 15) is 5.11 Å². The van der Waals surface area contributed by atoms with Crippen LogP contribution in [-0.2, 0) is 4.74 Å². The molecule has 2 bridgehead atoms. The Labute approximate surface area is 127 Å². The maximum absolute atomic E-state index is 9.94. The van der Waals surface area contributed by atoms with E-state index in [1.165, 1.54) is 25.7 Å². The van der Waals surface area contributed by atoms with Crippen LogP contribution >= 0.6 is 0 Å². The summed E-state index contributed by atoms with van der Waals surface area (Å²) >= 11 is 0. The third-order valence-electron chi connectivity index (χ3n) is 5.13. The molecule has 2 saturated carbocycles. The first-order chi connectivity index (χ1) is 10.2. The summed E-state index contributed by atoms with van der Waals surface area (Å²) in [6.07, 6.45) is 6.25. The van der Waals surface area contributed by atoms with Crippen molar-refractivity contribution in [3.63, 3.8) is 0 Å². The lowest BCUT2D eigenvalue weighted by Gasteiger charge is -2.24. The second kappa shape index (κ2) is 9.06. The Morgan fingerprint density at radius 1 is 1.10 bits per heavy atom. The lowest BCUT2D eigenvalue weighted by atomic mass is 9.87. The summed E-state index contributed by atoms with van der Waals surface area (Å²) in [6, 6.07) is 0. The zero-order valence-corrected chi connectivity index (χ0v) is 13.0. The molecule has 0 aliphatic heterocycles. The van der Waals surface area contributed by atoms with Crippen LogP contribution in [0.5, 0.6) is 0 Å². The molecule has 5 heteroatoms. The molecule has 2 aliphatic rings. The minimum atomic E-state index is -0.553. The van der Waals surface area contributed by atoms with Crippen molar-refractivity contribution >= 4 is 0 Å². The average Bonchev–Trinajstić information content (AvgIpc) is 3.06. The van der Waals surface area contributed by atoms with E-state index < -0.39 is 6.10 Å². The highest BCUT2D eigenvalue weighted by atomic mass is 16.5. The highest BCUT2D eigenvalue weighted by molar-refractivity contribution is 4.89. The van der Waals surface area contributed by atoms with Gasteiger partial charge < -0.3 is 20.1 Å². The first kappa shape index (κ1) is 17.2. The molecule has 0 amide bonds. The molecule has 0 saturated heterocycles. The first-order valence-electron chi connectivity index (χ1n) is 8.42. The van der Waals surface area contributed by atoms with E-state index in [0.29, 0.717) is 26.2 Å². The van der Waals surface area contributed by atoms with Gasteiger partial charge in [0.25, 0.3) is 0 Å². The zero-order chi connectivity index (χ0) is 15.1. The minimum Gasteiger partial charge on any atom is -0.395 e. The van der Waals surface area contributed by atoms with Gasteiger partial charge in [0.05, 0.1) is 25.9 Å². The highest BCUT2D eigenvalue weighted by Gasteiger charge is 2.38. The highest BCUT2D eigenvalue weighted by Crippen LogP contribution is 2.49. The van der Waals surface area contributed by atoms with E-state index in [-0.39, 0.29) is 13.2 Å². The Morgan fingerprint density at radius 3 is 2.43 bits per heavy atom. The number of hydrogen-bond donors (Lipinski definition) is 3. The van der Waals surface area contributed by atoms with E-state index in [1.54, 1.807) is 0 Å². The molecule has 3 N–H and O–H groups in total. The largest absolute Gasteiger partial charge is 0.395 e. The predicted molar refractivity (Wildman–Crippen MR) is 81.0 cm³/mol. The Kier molecular flexibility index (Phi) is 7.40. The van der Waals surface area contributed by atoms with Crippen molar-refractivity contribution in [3.05, 3.63) is 0 Å². The SMILES string of the molecule is OCCN(CCO)C[C@@H](O)COCC[C@H]1C[C@@H]2CC[C@H]1C2. The summed E-state index contributed by atoms with van der Waals surface area (Å²) in [4.78, 5) is 1.85. The van der Waals surface area contributed by atoms with Crippen LogP contribution in [0.1, 0.15) is 32.1 Å². The van der Waals surface area contributed by atoms with Crippen LogP contribution in [0, 0.1) is 17.8 Å². The van der Waals surface area contributed by atoms with Crippen molar-refractivity contribution in [2.75, 3.05) is 46.1 Å². The van der Waals surface area contributed by atoms with Crippen LogP contribution in [0.2, 0.25) is 0 Å². The molecular formula is C16H31NO4. The molecule has 0 aromatic rings. The molecule has 124 valence electrons. The van der Waals surface area contributed by atoms with Gasteiger partial charge in [0.1, 0.15) is 0 Å². The number of hydrogen-bond acceptors (Lipinski definition) is 5. The molecule has 0 radical (unpaired) electrons. The van der Waals surface area contributed by atoms with E-state index in [1.807, 2.05) is 4.90 Å². The van der Waals surface area contributed by atoms with E-state index in [0.717, 1.165) is 30.8 Å². The molecule has 2 rings (SSSR count). The second-order valence-corrected chi connectivity index (χ2v) is 6.70. The third-order valence-corrected chi connectivity index (χ3v) is 5.13. The van der Waals surface area contributed by atoms with Crippen molar-refractivity contribution in [3.8, 4) is 0 Å². The fourth-order valence-electron chi connectivity index (χ4n) is 4.11. The van der Waals surface area contributed by atoms with Gasteiger partial charge in [-0.15, -0.1) is 0 Å². The van der Waals surface area contributed by atoms with Gasteiger partial charge >= 0.3 is 0 Å². The maximum atomic E-state index is 9.94. The smallest absolute Gasteiger partial charge is 0.0900 e. The first-order valence-corrected chi connectivity index (χ1v) is 8.42. The summed E-state index contributed by atoms with van der Waals surface area (Å²) in [5, 5.41) is 27.8. The van der Waals surface area contributed by atoms with Crippen LogP contribution in [0.4, 0.5) is 0 Å². The van der Waals surface area contributed by atoms with Gasteiger partial charge in [0.2, 0.25) is 0 Å². The van der Waals surface area contributed by atoms with Crippen molar-refractivity contribution in [1.82, 2.24) is 4.90 Å². The van der Waals surface area contributed by atoms with Crippen LogP contribution in [0.15, 0.2) is 0 Å². The number of aliphatic hydroxyl groups is 3. The van der Waals surface area contributed by atoms with Gasteiger partial charge in [0.15, 0.2) is 0 Å². The van der Waals surface area contributed by atoms with E-state index in [2.05, 4.69) is 0 Å². The van der Waals surface area contributed by atoms with Gasteiger partial charge in [-0.05, 0) is 43.4 Å². The van der Waals surface area contributed by atoms with Gasteiger partial charge in [-0.25, -0.2) is 0 Å². The summed E-state index contributed by atoms with van der Waals surface area (Å²) in [6.45, 7) is 2.55. The van der Waals surface area contributed by atoms with E-state index in [4.69, 9.17) is 14.9 Å². The Bertz CT molecular complexity index is 283. The molecule has 2 fully saturated rings. The summed E-state index contributed by atoms with van der Waals surface area (Å²) in [5.41, 5.74) is 0. The predicted octanol–water partition coefficient (Wildman–Crippen LogP) is 0.477. The van der Waals surface area contributed by atoms with Crippen molar-refractivity contribution in [1.29, 1.82) is 0 Å². The maximum Gasteiger partial charge on any atom is 0.0900 e. The van der Waals surface area contributed by atoms with Crippen LogP contribution in [-0.4, -0.2) is 72.4 Å². The Balaban J connectivity index is 1.53. The van der Waals surface area contributed by atoms with Crippen LogP contribution in [0.3, 0.4) is 0 Å². The topological polar surface area (TPSA) is 73.2 Å². The quantitative estimate of drug-likeness (QED) is 0.484. The lowest BCUT2D eigenvalue weighted by molar-refractivity contribution is 0.00617. The molecule has 0 aromatic heterocycles. The van der Waals surface area contributed by atoms with Crippen molar-refractivity contribution in [2.45, 2.75) is 38.2 Å². The molecule has 4 atom stereocenters. The zero-order valence-electron chi connectivity index (χ0n) is 13.0. The van der Waals surface area contributed by atoms with Gasteiger partial charge in [-0.3, -0.25) is 4.90 Å². The minimum absolute atomic E-state index is 0.0395. The number of ether oxygens (including phenoxy) is 1. The van der Waals surface area contributed by atoms with Gasteiger partial charge in [-0.1, -0.05) is 6.42 Å². The summed E-state index contributed by atoms with van der Waals surface area (Å²) in [7, 11) is 0. The summed E-state index contributed by atoms with van der Waals surface area (Å²) < 4.78 is 5.62. The van der Waals surface area contributed by atoms with Crippen LogP contribution in [0.25, 0.3) is 0 Å². The molecule has 5 nitrogen and oxygen atoms in total. The molecule has 0 heterocycles. The lowest BCUT2D eigenvalue weighted by Crippen LogP contribution is -2.38. The second-order valence-electron chi connectivity index (χ2n) is 6.70. The van der Waals surface area contributed by atoms with E-state index >= 15 is 0 Å². The monoisotopic (exact) mass is 301 g/mol. The Hall–Kier alpha value is -0.200. The molecule has 0 unspecified atom stereocenters. The number of nitrogens with zero attached hydrogens (tertiary/aromatic N) is 1. The Morgan fingerprint density at radius 2 is 1.86 bits per heavy atom. The third kappa shape index (κ3) is 5.49. The standard InChI is InChI=1S/C16H31NO4/c18-6-4-17(5-7-19)11-16(20)12-21-8-3-15-10-13-1-2-14(15)9-13/h13-16,18-20H,1-12H2/t13-,14+,15+,16-/m1/s1. The van der Waals surface area contributed by atoms with Gasteiger partial charge in [0, 0.05) is 26.2 Å². The van der Waals surface area contributed by atoms with Crippen LogP contribution < -0.4 is 0 Å². The van der Waals surface area contributed by atoms with Crippen molar-refractivity contribution < 1.29 is 20.1 Å². The molecule has 21 heavy (non-hydrogen) atoms. The number of rotatable bonds is 11. The number of aliphatic hydroxyl groups excluding tert-OH is 3. The molecular weight excluding hydrogens is 270 g/mol.